The zero-order valence-electron chi connectivity index (χ0n) is 8.00. The van der Waals surface area contributed by atoms with E-state index in [-0.39, 0.29) is 6.23 Å². The molecule has 0 radical (unpaired) electrons. The molecule has 1 N–H and O–H groups in total. The molecule has 2 nitrogen and oxygen atoms in total. The summed E-state index contributed by atoms with van der Waals surface area (Å²) in [6.07, 6.45) is 3.65. The zero-order valence-corrected chi connectivity index (χ0v) is 8.76. The van der Waals surface area contributed by atoms with E-state index in [2.05, 4.69) is 5.32 Å². The van der Waals surface area contributed by atoms with Crippen LogP contribution in [0.5, 0.6) is 5.75 Å². The van der Waals surface area contributed by atoms with E-state index in [0.29, 0.717) is 5.02 Å². The van der Waals surface area contributed by atoms with Crippen molar-refractivity contribution in [3.63, 3.8) is 0 Å². The van der Waals surface area contributed by atoms with Crippen LogP contribution in [0.2, 0.25) is 5.02 Å². The number of nitrogens with one attached hydrogen (secondary N) is 1. The Balaban J connectivity index is 1.99. The Labute approximate surface area is 89.2 Å². The average Bonchev–Trinajstić information content (AvgIpc) is 2.23. The highest BCUT2D eigenvalue weighted by Crippen LogP contribution is 2.25. The minimum absolute atomic E-state index is 0.128. The van der Waals surface area contributed by atoms with Crippen LogP contribution in [-0.4, -0.2) is 12.8 Å². The predicted molar refractivity (Wildman–Crippen MR) is 57.7 cm³/mol. The maximum Gasteiger partial charge on any atom is 0.150 e. The van der Waals surface area contributed by atoms with Gasteiger partial charge in [0.2, 0.25) is 0 Å². The molecule has 1 atom stereocenters. The van der Waals surface area contributed by atoms with Gasteiger partial charge < -0.3 is 4.74 Å². The van der Waals surface area contributed by atoms with Crippen molar-refractivity contribution in [1.82, 2.24) is 5.32 Å². The van der Waals surface area contributed by atoms with E-state index >= 15 is 0 Å². The Hall–Kier alpha value is -0.730. The molecule has 1 fully saturated rings. The molecule has 14 heavy (non-hydrogen) atoms. The molecule has 1 aromatic rings. The fourth-order valence-electron chi connectivity index (χ4n) is 1.61. The lowest BCUT2D eigenvalue weighted by atomic mass is 10.1. The SMILES string of the molecule is Clc1ccccc1OC1CCCCN1. The maximum atomic E-state index is 5.99. The predicted octanol–water partition coefficient (Wildman–Crippen LogP) is 2.82. The molecule has 76 valence electrons. The van der Waals surface area contributed by atoms with Gasteiger partial charge in [-0.25, -0.2) is 0 Å². The minimum atomic E-state index is 0.128. The van der Waals surface area contributed by atoms with Gasteiger partial charge in [-0.1, -0.05) is 23.7 Å². The summed E-state index contributed by atoms with van der Waals surface area (Å²) in [7, 11) is 0. The van der Waals surface area contributed by atoms with Gasteiger partial charge in [0.15, 0.2) is 0 Å². The molecule has 0 spiro atoms. The number of rotatable bonds is 2. The van der Waals surface area contributed by atoms with Crippen molar-refractivity contribution in [3.05, 3.63) is 29.3 Å². The third-order valence-corrected chi connectivity index (χ3v) is 2.68. The van der Waals surface area contributed by atoms with Crippen LogP contribution in [0.15, 0.2) is 24.3 Å². The second-order valence-electron chi connectivity index (χ2n) is 3.49. The number of para-hydroxylation sites is 1. The first kappa shape index (κ1) is 9.81. The van der Waals surface area contributed by atoms with E-state index in [4.69, 9.17) is 16.3 Å². The molecule has 1 aliphatic rings. The van der Waals surface area contributed by atoms with Crippen LogP contribution >= 0.6 is 11.6 Å². The van der Waals surface area contributed by atoms with E-state index in [1.807, 2.05) is 24.3 Å². The highest BCUT2D eigenvalue weighted by molar-refractivity contribution is 6.32. The molecule has 0 aromatic heterocycles. The molecule has 0 bridgehead atoms. The second kappa shape index (κ2) is 4.67. The summed E-state index contributed by atoms with van der Waals surface area (Å²) in [5, 5.41) is 3.99. The van der Waals surface area contributed by atoms with E-state index in [9.17, 15) is 0 Å². The van der Waals surface area contributed by atoms with Crippen LogP contribution < -0.4 is 10.1 Å². The molecule has 2 rings (SSSR count). The van der Waals surface area contributed by atoms with Crippen LogP contribution in [0.1, 0.15) is 19.3 Å². The molecule has 1 heterocycles. The van der Waals surface area contributed by atoms with Crippen LogP contribution in [0.3, 0.4) is 0 Å². The normalized spacial score (nSPS) is 21.9. The van der Waals surface area contributed by atoms with Gasteiger partial charge in [0, 0.05) is 0 Å². The largest absolute Gasteiger partial charge is 0.474 e. The van der Waals surface area contributed by atoms with E-state index < -0.39 is 0 Å². The van der Waals surface area contributed by atoms with Gasteiger partial charge in [0.25, 0.3) is 0 Å². The number of hydrogen-bond acceptors (Lipinski definition) is 2. The number of ether oxygens (including phenoxy) is 1. The lowest BCUT2D eigenvalue weighted by molar-refractivity contribution is 0.132. The molecule has 1 unspecified atom stereocenters. The van der Waals surface area contributed by atoms with Crippen molar-refractivity contribution in [2.45, 2.75) is 25.5 Å². The minimum Gasteiger partial charge on any atom is -0.474 e. The summed E-state index contributed by atoms with van der Waals surface area (Å²) in [6, 6.07) is 7.59. The van der Waals surface area contributed by atoms with Gasteiger partial charge in [-0.15, -0.1) is 0 Å². The fourth-order valence-corrected chi connectivity index (χ4v) is 1.79. The Morgan fingerprint density at radius 3 is 2.86 bits per heavy atom. The molecular formula is C11H14ClNO. The standard InChI is InChI=1S/C11H14ClNO/c12-9-5-1-2-6-10(9)14-11-7-3-4-8-13-11/h1-2,5-6,11,13H,3-4,7-8H2. The number of hydrogen-bond donors (Lipinski definition) is 1. The fraction of sp³-hybridized carbons (Fsp3) is 0.455. The van der Waals surface area contributed by atoms with Crippen molar-refractivity contribution in [1.29, 1.82) is 0 Å². The maximum absolute atomic E-state index is 5.99. The van der Waals surface area contributed by atoms with Crippen LogP contribution in [0, 0.1) is 0 Å². The van der Waals surface area contributed by atoms with Crippen molar-refractivity contribution < 1.29 is 4.74 Å². The third kappa shape index (κ3) is 2.40. The monoisotopic (exact) mass is 211 g/mol. The Bertz CT molecular complexity index is 297. The smallest absolute Gasteiger partial charge is 0.150 e. The highest BCUT2D eigenvalue weighted by Gasteiger charge is 2.14. The van der Waals surface area contributed by atoms with Crippen LogP contribution in [0.25, 0.3) is 0 Å². The molecular weight excluding hydrogens is 198 g/mol. The molecule has 1 aliphatic heterocycles. The van der Waals surface area contributed by atoms with Crippen molar-refractivity contribution in [2.24, 2.45) is 0 Å². The first-order valence-corrected chi connectivity index (χ1v) is 5.38. The first-order chi connectivity index (χ1) is 6.86. The summed E-state index contributed by atoms with van der Waals surface area (Å²) < 4.78 is 5.74. The van der Waals surface area contributed by atoms with E-state index in [0.717, 1.165) is 18.7 Å². The third-order valence-electron chi connectivity index (χ3n) is 2.37. The molecule has 3 heteroatoms. The quantitative estimate of drug-likeness (QED) is 0.813. The summed E-state index contributed by atoms with van der Waals surface area (Å²) >= 11 is 5.99. The Kier molecular flexibility index (Phi) is 3.27. The van der Waals surface area contributed by atoms with Crippen LogP contribution in [-0.2, 0) is 0 Å². The van der Waals surface area contributed by atoms with Gasteiger partial charge in [0.05, 0.1) is 5.02 Å². The summed E-state index contributed by atoms with van der Waals surface area (Å²) in [4.78, 5) is 0. The van der Waals surface area contributed by atoms with Gasteiger partial charge in [-0.3, -0.25) is 5.32 Å². The van der Waals surface area contributed by atoms with Gasteiger partial charge in [-0.05, 0) is 37.9 Å². The Morgan fingerprint density at radius 1 is 1.29 bits per heavy atom. The summed E-state index contributed by atoms with van der Waals surface area (Å²) in [5.41, 5.74) is 0. The van der Waals surface area contributed by atoms with E-state index in [1.54, 1.807) is 0 Å². The number of halogens is 1. The van der Waals surface area contributed by atoms with E-state index in [1.165, 1.54) is 12.8 Å². The lowest BCUT2D eigenvalue weighted by Crippen LogP contribution is -2.38. The number of benzene rings is 1. The van der Waals surface area contributed by atoms with Gasteiger partial charge in [0.1, 0.15) is 12.0 Å². The lowest BCUT2D eigenvalue weighted by Gasteiger charge is -2.24. The van der Waals surface area contributed by atoms with Gasteiger partial charge >= 0.3 is 0 Å². The summed E-state index contributed by atoms with van der Waals surface area (Å²) in [6.45, 7) is 1.04. The molecule has 0 amide bonds. The Morgan fingerprint density at radius 2 is 2.14 bits per heavy atom. The van der Waals surface area contributed by atoms with Crippen molar-refractivity contribution in [3.8, 4) is 5.75 Å². The molecule has 1 aromatic carbocycles. The second-order valence-corrected chi connectivity index (χ2v) is 3.89. The van der Waals surface area contributed by atoms with Gasteiger partial charge in [-0.2, -0.15) is 0 Å². The highest BCUT2D eigenvalue weighted by atomic mass is 35.5. The topological polar surface area (TPSA) is 21.3 Å². The average molecular weight is 212 g/mol. The van der Waals surface area contributed by atoms with Crippen LogP contribution in [0.4, 0.5) is 0 Å². The molecule has 0 aliphatic carbocycles. The van der Waals surface area contributed by atoms with Crippen molar-refractivity contribution in [2.75, 3.05) is 6.54 Å². The van der Waals surface area contributed by atoms with Crippen molar-refractivity contribution >= 4 is 11.6 Å². The number of piperidine rings is 1. The molecule has 0 saturated carbocycles. The first-order valence-electron chi connectivity index (χ1n) is 5.01. The zero-order chi connectivity index (χ0) is 9.80. The summed E-state index contributed by atoms with van der Waals surface area (Å²) in [5.74, 6) is 0.772. The molecule has 1 saturated heterocycles.